The average Bonchev–Trinajstić information content (AvgIpc) is 3.49. The third-order valence-corrected chi connectivity index (χ3v) is 7.43. The monoisotopic (exact) mass is 530 g/mol. The first-order chi connectivity index (χ1) is 17.5. The number of aliphatic hydroxyl groups is 1. The van der Waals surface area contributed by atoms with Gasteiger partial charge in [0.05, 0.1) is 31.4 Å². The van der Waals surface area contributed by atoms with Crippen LogP contribution in [0.3, 0.4) is 0 Å². The van der Waals surface area contributed by atoms with Gasteiger partial charge in [0.15, 0.2) is 0 Å². The number of hydrogen-bond acceptors (Lipinski definition) is 8. The van der Waals surface area contributed by atoms with Crippen LogP contribution in [0.15, 0.2) is 40.2 Å². The fourth-order valence-electron chi connectivity index (χ4n) is 4.22. The Balaban J connectivity index is 2.02. The topological polar surface area (TPSA) is 133 Å². The summed E-state index contributed by atoms with van der Waals surface area (Å²) in [7, 11) is 1.38. The van der Waals surface area contributed by atoms with Gasteiger partial charge in [-0.05, 0) is 45.9 Å². The zero-order valence-corrected chi connectivity index (χ0v) is 21.8. The zero-order valence-electron chi connectivity index (χ0n) is 21.0. The van der Waals surface area contributed by atoms with E-state index in [2.05, 4.69) is 15.5 Å². The number of halogens is 1. The number of benzene rings is 1. The van der Waals surface area contributed by atoms with Crippen LogP contribution in [0, 0.1) is 12.7 Å². The van der Waals surface area contributed by atoms with Crippen molar-refractivity contribution in [3.05, 3.63) is 68.4 Å². The van der Waals surface area contributed by atoms with Gasteiger partial charge in [-0.2, -0.15) is 10.2 Å². The van der Waals surface area contributed by atoms with Crippen molar-refractivity contribution in [2.75, 3.05) is 13.7 Å². The summed E-state index contributed by atoms with van der Waals surface area (Å²) in [6, 6.07) is 3.70. The molecule has 13 heteroatoms. The van der Waals surface area contributed by atoms with Gasteiger partial charge in [0.25, 0.3) is 5.56 Å². The smallest absolute Gasteiger partial charge is 0.333 e. The van der Waals surface area contributed by atoms with Crippen LogP contribution in [0.2, 0.25) is 0 Å². The van der Waals surface area contributed by atoms with Gasteiger partial charge in [0.1, 0.15) is 33.0 Å². The summed E-state index contributed by atoms with van der Waals surface area (Å²) in [5.74, 6) is -0.874. The number of amides is 1. The molecule has 0 spiro atoms. The Hall–Kier alpha value is -3.84. The molecule has 4 rings (SSSR count). The van der Waals surface area contributed by atoms with E-state index in [0.29, 0.717) is 17.1 Å². The SMILES string of the molecule is CCNC(=O)C(C)(C)n1c(=O)c2c(C)c(-n3nccn3)sc2n(CC(O)c2cc(F)ccc2OC)c1=O. The van der Waals surface area contributed by atoms with Gasteiger partial charge in [-0.25, -0.2) is 13.8 Å². The molecule has 3 heterocycles. The lowest BCUT2D eigenvalue weighted by molar-refractivity contribution is -0.128. The van der Waals surface area contributed by atoms with Gasteiger partial charge in [-0.3, -0.25) is 14.2 Å². The number of aryl methyl sites for hydroxylation is 1. The molecule has 0 fully saturated rings. The maximum Gasteiger partial charge on any atom is 0.333 e. The quantitative estimate of drug-likeness (QED) is 0.355. The molecule has 1 atom stereocenters. The molecule has 1 aromatic carbocycles. The minimum Gasteiger partial charge on any atom is -0.496 e. The van der Waals surface area contributed by atoms with Gasteiger partial charge in [0, 0.05) is 17.7 Å². The molecule has 0 aliphatic heterocycles. The summed E-state index contributed by atoms with van der Waals surface area (Å²) in [5, 5.41) is 22.7. The van der Waals surface area contributed by atoms with Crippen molar-refractivity contribution in [1.82, 2.24) is 29.4 Å². The molecule has 0 aliphatic rings. The Morgan fingerprint density at radius 2 is 1.95 bits per heavy atom. The molecule has 3 aromatic heterocycles. The molecule has 2 N–H and O–H groups in total. The molecule has 0 bridgehead atoms. The van der Waals surface area contributed by atoms with Crippen molar-refractivity contribution in [1.29, 1.82) is 0 Å². The fourth-order valence-corrected chi connectivity index (χ4v) is 5.43. The highest BCUT2D eigenvalue weighted by atomic mass is 32.1. The summed E-state index contributed by atoms with van der Waals surface area (Å²) in [5.41, 5.74) is -2.37. The Morgan fingerprint density at radius 1 is 1.27 bits per heavy atom. The highest BCUT2D eigenvalue weighted by Crippen LogP contribution is 2.33. The maximum absolute atomic E-state index is 14.0. The van der Waals surface area contributed by atoms with Gasteiger partial charge >= 0.3 is 5.69 Å². The highest BCUT2D eigenvalue weighted by molar-refractivity contribution is 7.21. The van der Waals surface area contributed by atoms with E-state index in [1.165, 1.54) is 54.8 Å². The van der Waals surface area contributed by atoms with Crippen molar-refractivity contribution < 1.29 is 19.0 Å². The number of thiophene rings is 1. The summed E-state index contributed by atoms with van der Waals surface area (Å²) in [6.45, 7) is 6.34. The third kappa shape index (κ3) is 4.44. The van der Waals surface area contributed by atoms with E-state index < -0.39 is 34.6 Å². The minimum absolute atomic E-state index is 0.130. The number of ether oxygens (including phenoxy) is 1. The van der Waals surface area contributed by atoms with Crippen LogP contribution < -0.4 is 21.3 Å². The van der Waals surface area contributed by atoms with Crippen LogP contribution in [0.4, 0.5) is 4.39 Å². The predicted octanol–water partition coefficient (Wildman–Crippen LogP) is 1.87. The fraction of sp³-hybridized carbons (Fsp3) is 0.375. The second-order valence-electron chi connectivity index (χ2n) is 8.89. The molecule has 0 radical (unpaired) electrons. The van der Waals surface area contributed by atoms with Gasteiger partial charge in [-0.1, -0.05) is 11.3 Å². The molecule has 0 saturated heterocycles. The largest absolute Gasteiger partial charge is 0.496 e. The highest BCUT2D eigenvalue weighted by Gasteiger charge is 2.35. The molecule has 0 saturated carbocycles. The molecule has 196 valence electrons. The minimum atomic E-state index is -1.56. The zero-order chi connectivity index (χ0) is 27.1. The van der Waals surface area contributed by atoms with E-state index in [-0.39, 0.29) is 28.1 Å². The number of likely N-dealkylation sites (N-methyl/N-ethyl adjacent to an activating group) is 1. The van der Waals surface area contributed by atoms with Crippen LogP contribution in [0.5, 0.6) is 5.75 Å². The first-order valence-electron chi connectivity index (χ1n) is 11.5. The number of nitrogens with one attached hydrogen (secondary N) is 1. The second kappa shape index (κ2) is 9.90. The maximum atomic E-state index is 14.0. The lowest BCUT2D eigenvalue weighted by Crippen LogP contribution is -2.55. The number of hydrogen-bond donors (Lipinski definition) is 2. The van der Waals surface area contributed by atoms with Gasteiger partial charge in [-0.15, -0.1) is 4.80 Å². The number of aromatic nitrogens is 5. The standard InChI is InChI=1S/C24H27FN6O5S/c1-6-26-22(34)24(3,4)30-19(33)18-13(2)20(31-27-9-10-28-31)37-21(18)29(23(30)35)12-16(32)15-11-14(25)7-8-17(15)36-5/h7-11,16,32H,6,12H2,1-5H3,(H,26,34). The Labute approximate surface area is 214 Å². The molecule has 4 aromatic rings. The second-order valence-corrected chi connectivity index (χ2v) is 9.86. The normalized spacial score (nSPS) is 12.6. The van der Waals surface area contributed by atoms with Crippen molar-refractivity contribution in [2.45, 2.75) is 45.9 Å². The number of carbonyl (C=O) groups excluding carboxylic acids is 1. The van der Waals surface area contributed by atoms with E-state index in [1.807, 2.05) is 0 Å². The van der Waals surface area contributed by atoms with Crippen LogP contribution in [0.1, 0.15) is 38.0 Å². The van der Waals surface area contributed by atoms with Gasteiger partial charge < -0.3 is 15.2 Å². The summed E-state index contributed by atoms with van der Waals surface area (Å²) < 4.78 is 21.4. The van der Waals surface area contributed by atoms with Crippen molar-refractivity contribution in [3.63, 3.8) is 0 Å². The molecule has 0 aliphatic carbocycles. The first kappa shape index (κ1) is 26.2. The Bertz CT molecular complexity index is 1590. The molecule has 1 unspecified atom stereocenters. The lowest BCUT2D eigenvalue weighted by Gasteiger charge is -2.27. The lowest BCUT2D eigenvalue weighted by atomic mass is 10.0. The van der Waals surface area contributed by atoms with E-state index in [1.54, 1.807) is 13.8 Å². The number of rotatable bonds is 8. The van der Waals surface area contributed by atoms with Crippen molar-refractivity contribution in [3.8, 4) is 10.8 Å². The van der Waals surface area contributed by atoms with E-state index in [4.69, 9.17) is 4.74 Å². The van der Waals surface area contributed by atoms with Crippen LogP contribution in [-0.2, 0) is 16.9 Å². The van der Waals surface area contributed by atoms with E-state index >= 15 is 0 Å². The van der Waals surface area contributed by atoms with Gasteiger partial charge in [0.2, 0.25) is 5.91 Å². The van der Waals surface area contributed by atoms with E-state index in [9.17, 15) is 23.9 Å². The van der Waals surface area contributed by atoms with Crippen LogP contribution >= 0.6 is 11.3 Å². The van der Waals surface area contributed by atoms with Crippen LogP contribution in [0.25, 0.3) is 15.2 Å². The van der Waals surface area contributed by atoms with Crippen molar-refractivity contribution >= 4 is 27.5 Å². The van der Waals surface area contributed by atoms with E-state index in [0.717, 1.165) is 22.0 Å². The molecular weight excluding hydrogens is 503 g/mol. The van der Waals surface area contributed by atoms with Crippen LogP contribution in [-0.4, -0.2) is 48.8 Å². The number of aliphatic hydroxyl groups excluding tert-OH is 1. The summed E-state index contributed by atoms with van der Waals surface area (Å²) in [6.07, 6.45) is 1.58. The Kier molecular flexibility index (Phi) is 7.02. The first-order valence-corrected chi connectivity index (χ1v) is 12.3. The average molecular weight is 531 g/mol. The predicted molar refractivity (Wildman–Crippen MR) is 136 cm³/mol. The molecule has 1 amide bonds. The Morgan fingerprint density at radius 3 is 2.57 bits per heavy atom. The number of nitrogens with zero attached hydrogens (tertiary/aromatic N) is 5. The summed E-state index contributed by atoms with van der Waals surface area (Å²) >= 11 is 1.10. The molecule has 37 heavy (non-hydrogen) atoms. The third-order valence-electron chi connectivity index (χ3n) is 6.15. The molecular formula is C24H27FN6O5S. The number of fused-ring (bicyclic) bond motifs is 1. The molecule has 11 nitrogen and oxygen atoms in total. The summed E-state index contributed by atoms with van der Waals surface area (Å²) in [4.78, 5) is 42.1. The number of methoxy groups -OCH3 is 1. The van der Waals surface area contributed by atoms with Crippen molar-refractivity contribution in [2.24, 2.45) is 0 Å². The number of carbonyl (C=O) groups is 1.